The maximum atomic E-state index is 13.4. The first-order chi connectivity index (χ1) is 15.4. The van der Waals surface area contributed by atoms with E-state index in [4.69, 9.17) is 9.47 Å². The van der Waals surface area contributed by atoms with Crippen molar-refractivity contribution in [1.82, 2.24) is 9.97 Å². The van der Waals surface area contributed by atoms with Crippen LogP contribution in [0, 0.1) is 35.4 Å². The Labute approximate surface area is 202 Å². The summed E-state index contributed by atoms with van der Waals surface area (Å²) < 4.78 is 62.2. The van der Waals surface area contributed by atoms with Gasteiger partial charge in [-0.05, 0) is 35.7 Å². The minimum absolute atomic E-state index is 0. The molecule has 0 unspecified atom stereocenters. The first-order valence-electron chi connectivity index (χ1n) is 9.15. The molecule has 0 N–H and O–H groups in total. The molecule has 0 saturated heterocycles. The summed E-state index contributed by atoms with van der Waals surface area (Å²) in [5.74, 6) is -1.60. The molecule has 0 aliphatic rings. The number of halogens is 4. The number of pyridine rings is 2. The van der Waals surface area contributed by atoms with Gasteiger partial charge in [0.1, 0.15) is 11.5 Å². The third-order valence-corrected chi connectivity index (χ3v) is 4.16. The van der Waals surface area contributed by atoms with Gasteiger partial charge in [-0.1, -0.05) is 23.3 Å². The van der Waals surface area contributed by atoms with Crippen LogP contribution >= 0.6 is 0 Å². The third-order valence-electron chi connectivity index (χ3n) is 4.16. The molecule has 4 aromatic rings. The van der Waals surface area contributed by atoms with E-state index in [9.17, 15) is 17.6 Å². The molecule has 0 aliphatic carbocycles. The number of nitrogens with zero attached hydrogens (tertiary/aromatic N) is 2. The average Bonchev–Trinajstić information content (AvgIpc) is 2.79. The Morgan fingerprint density at radius 1 is 0.667 bits per heavy atom. The number of ether oxygens (including phenoxy) is 2. The molecule has 2 aromatic carbocycles. The zero-order chi connectivity index (χ0) is 23.1. The van der Waals surface area contributed by atoms with Crippen molar-refractivity contribution in [2.75, 3.05) is 14.2 Å². The molecule has 0 aliphatic heterocycles. The Morgan fingerprint density at radius 2 is 1.06 bits per heavy atom. The second kappa shape index (κ2) is 12.1. The Balaban J connectivity index is 0.000000227. The molecule has 2 aromatic heterocycles. The van der Waals surface area contributed by atoms with E-state index in [2.05, 4.69) is 22.1 Å². The minimum atomic E-state index is -0.694. The van der Waals surface area contributed by atoms with Gasteiger partial charge < -0.3 is 19.4 Å². The zero-order valence-electron chi connectivity index (χ0n) is 17.3. The van der Waals surface area contributed by atoms with Crippen molar-refractivity contribution in [3.05, 3.63) is 96.3 Å². The fraction of sp³-hybridized carbons (Fsp3) is 0.0833. The van der Waals surface area contributed by atoms with Gasteiger partial charge in [-0.15, -0.1) is 24.3 Å². The summed E-state index contributed by atoms with van der Waals surface area (Å²) in [7, 11) is 3.01. The van der Waals surface area contributed by atoms with Crippen LogP contribution in [-0.4, -0.2) is 24.2 Å². The first kappa shape index (κ1) is 26.0. The fourth-order valence-electron chi connectivity index (χ4n) is 2.63. The van der Waals surface area contributed by atoms with Gasteiger partial charge in [0.25, 0.3) is 0 Å². The van der Waals surface area contributed by atoms with Gasteiger partial charge in [0.15, 0.2) is 0 Å². The van der Waals surface area contributed by atoms with Crippen LogP contribution in [0.25, 0.3) is 22.5 Å². The summed E-state index contributed by atoms with van der Waals surface area (Å²) in [4.78, 5) is 7.95. The molecular formula is C24H16F4N2O2Pt. The number of hydrogen-bond donors (Lipinski definition) is 0. The van der Waals surface area contributed by atoms with Crippen LogP contribution in [0.1, 0.15) is 0 Å². The minimum Gasteiger partial charge on any atom is -0.497 e. The Morgan fingerprint density at radius 3 is 1.39 bits per heavy atom. The van der Waals surface area contributed by atoms with E-state index >= 15 is 0 Å². The second-order valence-corrected chi connectivity index (χ2v) is 6.24. The predicted molar refractivity (Wildman–Crippen MR) is 110 cm³/mol. The van der Waals surface area contributed by atoms with Gasteiger partial charge in [-0.2, -0.15) is 0 Å². The van der Waals surface area contributed by atoms with Crippen molar-refractivity contribution in [3.8, 4) is 34.0 Å². The normalized spacial score (nSPS) is 9.88. The summed E-state index contributed by atoms with van der Waals surface area (Å²) in [6.45, 7) is 0. The smallest absolute Gasteiger partial charge is 0.497 e. The van der Waals surface area contributed by atoms with Crippen molar-refractivity contribution < 1.29 is 48.1 Å². The van der Waals surface area contributed by atoms with E-state index in [1.165, 1.54) is 26.6 Å². The number of methoxy groups -OCH3 is 2. The topological polar surface area (TPSA) is 44.2 Å². The average molecular weight is 635 g/mol. The maximum Gasteiger partial charge on any atom is 2.00 e. The van der Waals surface area contributed by atoms with Gasteiger partial charge >= 0.3 is 21.1 Å². The molecule has 4 rings (SSSR count). The monoisotopic (exact) mass is 635 g/mol. The van der Waals surface area contributed by atoms with E-state index < -0.39 is 23.3 Å². The molecule has 0 saturated carbocycles. The van der Waals surface area contributed by atoms with Crippen molar-refractivity contribution in [2.24, 2.45) is 0 Å². The van der Waals surface area contributed by atoms with Crippen molar-refractivity contribution in [3.63, 3.8) is 0 Å². The van der Waals surface area contributed by atoms with Crippen molar-refractivity contribution in [2.45, 2.75) is 0 Å². The van der Waals surface area contributed by atoms with Crippen LogP contribution in [0.3, 0.4) is 0 Å². The summed E-state index contributed by atoms with van der Waals surface area (Å²) in [6.07, 6.45) is 2.98. The summed E-state index contributed by atoms with van der Waals surface area (Å²) in [6, 6.07) is 15.2. The molecule has 33 heavy (non-hydrogen) atoms. The van der Waals surface area contributed by atoms with Crippen LogP contribution in [0.15, 0.2) is 60.9 Å². The van der Waals surface area contributed by atoms with Crippen LogP contribution < -0.4 is 9.47 Å². The molecule has 0 bridgehead atoms. The SMILES string of the molecule is COc1ccnc(-c2[c-]cc(F)cc2F)c1.COc1ccnc(-c2[c-]cc(F)cc2F)c1.[Pt+2]. The second-order valence-electron chi connectivity index (χ2n) is 6.24. The molecule has 0 spiro atoms. The zero-order valence-corrected chi connectivity index (χ0v) is 19.6. The fourth-order valence-corrected chi connectivity index (χ4v) is 2.63. The number of hydrogen-bond acceptors (Lipinski definition) is 4. The van der Waals surface area contributed by atoms with Crippen LogP contribution in [-0.2, 0) is 21.1 Å². The van der Waals surface area contributed by atoms with Gasteiger partial charge in [-0.3, -0.25) is 17.6 Å². The number of benzene rings is 2. The van der Waals surface area contributed by atoms with Gasteiger partial charge in [0.2, 0.25) is 0 Å². The molecule has 4 nitrogen and oxygen atoms in total. The third kappa shape index (κ3) is 6.86. The molecule has 2 heterocycles. The maximum absolute atomic E-state index is 13.4. The van der Waals surface area contributed by atoms with E-state index in [1.54, 1.807) is 24.3 Å². The van der Waals surface area contributed by atoms with Gasteiger partial charge in [-0.25, -0.2) is 0 Å². The molecule has 0 fully saturated rings. The Bertz CT molecular complexity index is 1130. The van der Waals surface area contributed by atoms with E-state index in [0.717, 1.165) is 24.3 Å². The molecule has 172 valence electrons. The van der Waals surface area contributed by atoms with Crippen molar-refractivity contribution >= 4 is 0 Å². The van der Waals surface area contributed by atoms with Gasteiger partial charge in [0.05, 0.1) is 14.2 Å². The standard InChI is InChI=1S/2C12H8F2NO.Pt/c2*1-16-9-4-5-15-12(7-9)10-3-2-8(13)6-11(10)14;/h2*2,4-7H,1H3;/q2*-1;+2. The first-order valence-corrected chi connectivity index (χ1v) is 9.15. The molecule has 0 amide bonds. The van der Waals surface area contributed by atoms with Crippen LogP contribution in [0.5, 0.6) is 11.5 Å². The Kier molecular flexibility index (Phi) is 9.55. The van der Waals surface area contributed by atoms with Crippen molar-refractivity contribution in [1.29, 1.82) is 0 Å². The molecule has 0 radical (unpaired) electrons. The van der Waals surface area contributed by atoms with E-state index in [-0.39, 0.29) is 32.2 Å². The predicted octanol–water partition coefficient (Wildman–Crippen LogP) is 5.67. The van der Waals surface area contributed by atoms with Gasteiger partial charge in [0, 0.05) is 35.7 Å². The molecule has 9 heteroatoms. The largest absolute Gasteiger partial charge is 2.00 e. The summed E-state index contributed by atoms with van der Waals surface area (Å²) in [5.41, 5.74) is 0.967. The Hall–Kier alpha value is -3.25. The van der Waals surface area contributed by atoms with Crippen LogP contribution in [0.2, 0.25) is 0 Å². The van der Waals surface area contributed by atoms with E-state index in [0.29, 0.717) is 22.9 Å². The molecular weight excluding hydrogens is 619 g/mol. The quantitative estimate of drug-likeness (QED) is 0.214. The number of aromatic nitrogens is 2. The van der Waals surface area contributed by atoms with E-state index in [1.807, 2.05) is 0 Å². The summed E-state index contributed by atoms with van der Waals surface area (Å²) >= 11 is 0. The summed E-state index contributed by atoms with van der Waals surface area (Å²) in [5, 5.41) is 0. The number of rotatable bonds is 4. The van der Waals surface area contributed by atoms with Crippen LogP contribution in [0.4, 0.5) is 17.6 Å². The molecule has 0 atom stereocenters.